The van der Waals surface area contributed by atoms with Crippen molar-refractivity contribution in [1.82, 2.24) is 5.09 Å². The van der Waals surface area contributed by atoms with Crippen LogP contribution in [0.1, 0.15) is 20.3 Å². The Morgan fingerprint density at radius 3 is 2.89 bits per heavy atom. The number of hydrogen-bond donors (Lipinski definition) is 1. The molecule has 2 nitrogen and oxygen atoms in total. The predicted octanol–water partition coefficient (Wildman–Crippen LogP) is 1.17. The van der Waals surface area contributed by atoms with Gasteiger partial charge >= 0.3 is 0 Å². The smallest absolute Gasteiger partial charge is 0.136 e. The van der Waals surface area contributed by atoms with Crippen molar-refractivity contribution in [3.63, 3.8) is 0 Å². The zero-order chi connectivity index (χ0) is 7.11. The number of hydrogen-bond acceptors (Lipinski definition) is 2. The summed E-state index contributed by atoms with van der Waals surface area (Å²) in [6.45, 7) is 4.01. The van der Waals surface area contributed by atoms with Gasteiger partial charge in [0, 0.05) is 0 Å². The highest BCUT2D eigenvalue weighted by Gasteiger charge is 1.93. The van der Waals surface area contributed by atoms with Crippen LogP contribution in [0.5, 0.6) is 0 Å². The van der Waals surface area contributed by atoms with Gasteiger partial charge in [0.25, 0.3) is 0 Å². The van der Waals surface area contributed by atoms with Crippen molar-refractivity contribution >= 4 is 15.0 Å². The molecule has 0 aromatic carbocycles. The van der Waals surface area contributed by atoms with Gasteiger partial charge in [-0.1, -0.05) is 22.1 Å². The molecule has 0 aliphatic rings. The van der Waals surface area contributed by atoms with Crippen LogP contribution in [-0.2, 0) is 4.79 Å². The Balaban J connectivity index is 2.96. The molecule has 1 N–H and O–H groups in total. The fraction of sp³-hybridized carbons (Fsp3) is 0.833. The zero-order valence-electron chi connectivity index (χ0n) is 5.98. The molecule has 2 atom stereocenters. The third-order valence-corrected chi connectivity index (χ3v) is 2.32. The van der Waals surface area contributed by atoms with E-state index in [4.69, 9.17) is 0 Å². The zero-order valence-corrected chi connectivity index (χ0v) is 6.98. The summed E-state index contributed by atoms with van der Waals surface area (Å²) in [6, 6.07) is 0.0369. The second-order valence-corrected chi connectivity index (χ2v) is 3.14. The first kappa shape index (κ1) is 9.06. The normalized spacial score (nSPS) is 14.4. The molecule has 54 valence electrons. The molecular formula is C6H14NOP. The molecule has 0 saturated heterocycles. The number of carbonyl (C=O) groups excluding carboxylic acids is 1. The molecule has 0 aromatic rings. The van der Waals surface area contributed by atoms with Crippen LogP contribution < -0.4 is 5.09 Å². The fourth-order valence-electron chi connectivity index (χ4n) is 0.392. The van der Waals surface area contributed by atoms with Crippen molar-refractivity contribution in [3.05, 3.63) is 0 Å². The largest absolute Gasteiger partial charge is 0.302 e. The first-order valence-electron chi connectivity index (χ1n) is 3.25. The van der Waals surface area contributed by atoms with Gasteiger partial charge in [-0.25, -0.2) is 0 Å². The summed E-state index contributed by atoms with van der Waals surface area (Å²) in [4.78, 5) is 10.0. The molecule has 3 heteroatoms. The average Bonchev–Trinajstić information content (AvgIpc) is 1.89. The van der Waals surface area contributed by atoms with Crippen molar-refractivity contribution in [3.8, 4) is 0 Å². The second kappa shape index (κ2) is 6.18. The van der Waals surface area contributed by atoms with Crippen molar-refractivity contribution in [2.45, 2.75) is 26.3 Å². The molecule has 0 rings (SSSR count). The Labute approximate surface area is 58.2 Å². The minimum absolute atomic E-state index is 0.0369. The molecule has 0 aliphatic heterocycles. The third kappa shape index (κ3) is 5.94. The van der Waals surface area contributed by atoms with Crippen molar-refractivity contribution < 1.29 is 4.79 Å². The average molecular weight is 147 g/mol. The van der Waals surface area contributed by atoms with Crippen LogP contribution in [0.25, 0.3) is 0 Å². The monoisotopic (exact) mass is 147 g/mol. The standard InChI is InChI=1S/C6H14NOP/c1-3-4-9-7-6(2)5-8/h5-7,9H,3-4H2,1-2H3. The molecule has 0 bridgehead atoms. The quantitative estimate of drug-likeness (QED) is 0.359. The maximum Gasteiger partial charge on any atom is 0.136 e. The van der Waals surface area contributed by atoms with Gasteiger partial charge in [0.2, 0.25) is 0 Å². The Morgan fingerprint density at radius 2 is 2.44 bits per heavy atom. The Bertz CT molecular complexity index is 77.5. The van der Waals surface area contributed by atoms with Gasteiger partial charge in [0.15, 0.2) is 0 Å². The summed E-state index contributed by atoms with van der Waals surface area (Å²) in [6.07, 6.45) is 3.30. The number of rotatable bonds is 5. The lowest BCUT2D eigenvalue weighted by molar-refractivity contribution is -0.108. The molecule has 0 radical (unpaired) electrons. The van der Waals surface area contributed by atoms with Gasteiger partial charge in [-0.2, -0.15) is 0 Å². The SMILES string of the molecule is CCCPNC(C)C=O. The predicted molar refractivity (Wildman–Crippen MR) is 42.1 cm³/mol. The molecule has 0 saturated carbocycles. The van der Waals surface area contributed by atoms with Crippen LogP contribution in [0.4, 0.5) is 0 Å². The Hall–Kier alpha value is 0.0600. The van der Waals surface area contributed by atoms with E-state index >= 15 is 0 Å². The van der Waals surface area contributed by atoms with Gasteiger partial charge in [-0.05, 0) is 13.1 Å². The summed E-state index contributed by atoms with van der Waals surface area (Å²) < 4.78 is 0. The summed E-state index contributed by atoms with van der Waals surface area (Å²) >= 11 is 0. The van der Waals surface area contributed by atoms with E-state index in [2.05, 4.69) is 12.0 Å². The van der Waals surface area contributed by atoms with Crippen molar-refractivity contribution in [2.75, 3.05) is 6.16 Å². The first-order chi connectivity index (χ1) is 4.31. The summed E-state index contributed by atoms with van der Waals surface area (Å²) in [5.41, 5.74) is 0. The molecule has 0 aliphatic carbocycles. The van der Waals surface area contributed by atoms with Gasteiger partial charge in [0.1, 0.15) is 6.29 Å². The van der Waals surface area contributed by atoms with E-state index in [1.165, 1.54) is 12.6 Å². The van der Waals surface area contributed by atoms with E-state index in [-0.39, 0.29) is 6.04 Å². The van der Waals surface area contributed by atoms with Crippen molar-refractivity contribution in [2.24, 2.45) is 0 Å². The second-order valence-electron chi connectivity index (χ2n) is 2.00. The summed E-state index contributed by atoms with van der Waals surface area (Å²) in [7, 11) is 0.738. The lowest BCUT2D eigenvalue weighted by Gasteiger charge is -2.04. The molecule has 0 heterocycles. The van der Waals surface area contributed by atoms with Crippen LogP contribution in [0, 0.1) is 0 Å². The maximum absolute atomic E-state index is 10.0. The molecule has 0 amide bonds. The van der Waals surface area contributed by atoms with E-state index in [0.29, 0.717) is 0 Å². The van der Waals surface area contributed by atoms with E-state index in [0.717, 1.165) is 15.0 Å². The number of nitrogens with one attached hydrogen (secondary N) is 1. The molecule has 0 fully saturated rings. The highest BCUT2D eigenvalue weighted by Crippen LogP contribution is 2.04. The first-order valence-corrected chi connectivity index (χ1v) is 4.45. The van der Waals surface area contributed by atoms with E-state index in [9.17, 15) is 4.79 Å². The highest BCUT2D eigenvalue weighted by atomic mass is 31.1. The minimum atomic E-state index is 0.0369. The lowest BCUT2D eigenvalue weighted by atomic mass is 10.4. The summed E-state index contributed by atoms with van der Waals surface area (Å²) in [5.74, 6) is 0. The Morgan fingerprint density at radius 1 is 1.78 bits per heavy atom. The van der Waals surface area contributed by atoms with Crippen LogP contribution in [0.3, 0.4) is 0 Å². The number of aldehydes is 1. The van der Waals surface area contributed by atoms with Crippen LogP contribution >= 0.6 is 8.73 Å². The maximum atomic E-state index is 10.0. The van der Waals surface area contributed by atoms with Gasteiger partial charge < -0.3 is 4.79 Å². The van der Waals surface area contributed by atoms with Crippen LogP contribution in [0.2, 0.25) is 0 Å². The lowest BCUT2D eigenvalue weighted by Crippen LogP contribution is -2.18. The van der Waals surface area contributed by atoms with Gasteiger partial charge in [-0.3, -0.25) is 5.09 Å². The van der Waals surface area contributed by atoms with E-state index < -0.39 is 0 Å². The number of carbonyl (C=O) groups is 1. The molecule has 2 unspecified atom stereocenters. The molecular weight excluding hydrogens is 133 g/mol. The van der Waals surface area contributed by atoms with E-state index in [1.54, 1.807) is 0 Å². The summed E-state index contributed by atoms with van der Waals surface area (Å²) in [5, 5.41) is 3.09. The van der Waals surface area contributed by atoms with Crippen molar-refractivity contribution in [1.29, 1.82) is 0 Å². The van der Waals surface area contributed by atoms with Gasteiger partial charge in [0.05, 0.1) is 6.04 Å². The van der Waals surface area contributed by atoms with Crippen LogP contribution in [0.15, 0.2) is 0 Å². The minimum Gasteiger partial charge on any atom is -0.302 e. The molecule has 0 spiro atoms. The molecule has 9 heavy (non-hydrogen) atoms. The van der Waals surface area contributed by atoms with Crippen LogP contribution in [-0.4, -0.2) is 18.5 Å². The third-order valence-electron chi connectivity index (χ3n) is 0.909. The highest BCUT2D eigenvalue weighted by molar-refractivity contribution is 7.35. The van der Waals surface area contributed by atoms with Gasteiger partial charge in [-0.15, -0.1) is 0 Å². The Kier molecular flexibility index (Phi) is 6.23. The van der Waals surface area contributed by atoms with E-state index in [1.807, 2.05) is 6.92 Å². The fourth-order valence-corrected chi connectivity index (χ4v) is 1.18. The molecule has 0 aromatic heterocycles. The topological polar surface area (TPSA) is 29.1 Å².